The van der Waals surface area contributed by atoms with Gasteiger partial charge in [-0.15, -0.1) is 10.2 Å². The average Bonchev–Trinajstić information content (AvgIpc) is 3.31. The lowest BCUT2D eigenvalue weighted by Gasteiger charge is -2.11. The summed E-state index contributed by atoms with van der Waals surface area (Å²) in [6, 6.07) is 13.0. The van der Waals surface area contributed by atoms with Gasteiger partial charge in [-0.1, -0.05) is 35.1 Å². The minimum absolute atomic E-state index is 0.219. The number of hydrogen-bond donors (Lipinski definition) is 2. The Hall–Kier alpha value is -3.14. The molecule has 10 heteroatoms. The summed E-state index contributed by atoms with van der Waals surface area (Å²) in [4.78, 5) is 12.9. The molecule has 2 heterocycles. The minimum atomic E-state index is -0.322. The zero-order chi connectivity index (χ0) is 22.0. The number of hydrogen-bond acceptors (Lipinski definition) is 6. The highest BCUT2D eigenvalue weighted by molar-refractivity contribution is 7.80. The van der Waals surface area contributed by atoms with Crippen molar-refractivity contribution in [1.29, 1.82) is 0 Å². The number of carbonyl (C=O) groups is 1. The summed E-state index contributed by atoms with van der Waals surface area (Å²) in [7, 11) is 0. The highest BCUT2D eigenvalue weighted by Gasteiger charge is 2.12. The largest absolute Gasteiger partial charge is 0.332 e. The zero-order valence-corrected chi connectivity index (χ0v) is 19.0. The summed E-state index contributed by atoms with van der Waals surface area (Å²) in [6.45, 7) is 3.82. The molecule has 0 atom stereocenters. The van der Waals surface area contributed by atoms with Crippen molar-refractivity contribution in [2.75, 3.05) is 5.32 Å². The Kier molecular flexibility index (Phi) is 6.08. The molecule has 1 amide bonds. The first-order valence-electron chi connectivity index (χ1n) is 9.24. The molecule has 7 nitrogen and oxygen atoms in total. The van der Waals surface area contributed by atoms with Crippen LogP contribution in [0.3, 0.4) is 0 Å². The van der Waals surface area contributed by atoms with Crippen molar-refractivity contribution in [3.63, 3.8) is 0 Å². The summed E-state index contributed by atoms with van der Waals surface area (Å²) < 4.78 is 1.73. The lowest BCUT2D eigenvalue weighted by Crippen LogP contribution is -2.33. The molecule has 0 saturated heterocycles. The molecule has 0 bridgehead atoms. The van der Waals surface area contributed by atoms with E-state index in [1.807, 2.05) is 44.2 Å². The molecule has 31 heavy (non-hydrogen) atoms. The second-order valence-electron chi connectivity index (χ2n) is 6.71. The van der Waals surface area contributed by atoms with Gasteiger partial charge in [-0.2, -0.15) is 9.61 Å². The minimum Gasteiger partial charge on any atom is -0.332 e. The number of nitrogens with one attached hydrogen (secondary N) is 2. The van der Waals surface area contributed by atoms with Crippen LogP contribution in [0.5, 0.6) is 0 Å². The third-order valence-corrected chi connectivity index (χ3v) is 5.81. The van der Waals surface area contributed by atoms with E-state index in [1.165, 1.54) is 17.4 Å². The van der Waals surface area contributed by atoms with Gasteiger partial charge in [0.15, 0.2) is 10.9 Å². The summed E-state index contributed by atoms with van der Waals surface area (Å²) in [5.74, 6) is 0.426. The van der Waals surface area contributed by atoms with Crippen molar-refractivity contribution in [3.8, 4) is 10.6 Å². The third-order valence-electron chi connectivity index (χ3n) is 4.40. The van der Waals surface area contributed by atoms with Crippen molar-refractivity contribution in [2.24, 2.45) is 0 Å². The van der Waals surface area contributed by atoms with Gasteiger partial charge < -0.3 is 5.32 Å². The quantitative estimate of drug-likeness (QED) is 0.335. The normalized spacial score (nSPS) is 11.2. The first-order chi connectivity index (χ1) is 14.9. The summed E-state index contributed by atoms with van der Waals surface area (Å²) >= 11 is 12.6. The summed E-state index contributed by atoms with van der Waals surface area (Å²) in [5.41, 5.74) is 3.60. The van der Waals surface area contributed by atoms with Crippen LogP contribution in [-0.2, 0) is 4.79 Å². The summed E-state index contributed by atoms with van der Waals surface area (Å²) in [5, 5.41) is 20.1. The molecule has 4 rings (SSSR count). The van der Waals surface area contributed by atoms with Crippen LogP contribution < -0.4 is 10.6 Å². The lowest BCUT2D eigenvalue weighted by molar-refractivity contribution is -0.115. The van der Waals surface area contributed by atoms with Crippen molar-refractivity contribution >= 4 is 62.9 Å². The Bertz CT molecular complexity index is 1310. The van der Waals surface area contributed by atoms with Crippen LogP contribution in [0.25, 0.3) is 21.6 Å². The lowest BCUT2D eigenvalue weighted by atomic mass is 10.1. The van der Waals surface area contributed by atoms with Crippen LogP contribution in [-0.4, -0.2) is 30.8 Å². The van der Waals surface area contributed by atoms with E-state index >= 15 is 0 Å². The Morgan fingerprint density at radius 2 is 1.94 bits per heavy atom. The number of aromatic nitrogens is 4. The van der Waals surface area contributed by atoms with Crippen LogP contribution in [0.2, 0.25) is 5.02 Å². The smallest absolute Gasteiger partial charge is 0.250 e. The van der Waals surface area contributed by atoms with Crippen molar-refractivity contribution in [3.05, 3.63) is 70.5 Å². The summed E-state index contributed by atoms with van der Waals surface area (Å²) in [6.07, 6.45) is 3.11. The molecule has 2 aromatic heterocycles. The number of thiocarbonyl (C=S) groups is 1. The van der Waals surface area contributed by atoms with Gasteiger partial charge in [0.05, 0.1) is 0 Å². The van der Waals surface area contributed by atoms with Gasteiger partial charge >= 0.3 is 0 Å². The molecule has 4 aromatic rings. The van der Waals surface area contributed by atoms with Crippen LogP contribution in [0.4, 0.5) is 5.69 Å². The van der Waals surface area contributed by atoms with E-state index in [4.69, 9.17) is 23.8 Å². The van der Waals surface area contributed by atoms with Crippen LogP contribution in [0, 0.1) is 13.8 Å². The number of fused-ring (bicyclic) bond motifs is 1. The maximum Gasteiger partial charge on any atom is 0.250 e. The van der Waals surface area contributed by atoms with Crippen LogP contribution in [0.15, 0.2) is 48.5 Å². The number of aryl methyl sites for hydroxylation is 2. The monoisotopic (exact) mass is 468 g/mol. The number of benzene rings is 2. The maximum atomic E-state index is 12.1. The van der Waals surface area contributed by atoms with Gasteiger partial charge in [0.2, 0.25) is 10.9 Å². The number of amides is 1. The van der Waals surface area contributed by atoms with Crippen LogP contribution >= 0.6 is 35.2 Å². The van der Waals surface area contributed by atoms with E-state index < -0.39 is 0 Å². The molecule has 0 unspecified atom stereocenters. The van der Waals surface area contributed by atoms with Crippen molar-refractivity contribution < 1.29 is 4.79 Å². The third kappa shape index (κ3) is 4.96. The molecular formula is C21H17ClN6OS2. The second kappa shape index (κ2) is 8.93. The van der Waals surface area contributed by atoms with Gasteiger partial charge in [-0.25, -0.2) is 0 Å². The van der Waals surface area contributed by atoms with Gasteiger partial charge in [-0.3, -0.25) is 10.1 Å². The number of rotatable bonds is 4. The molecule has 0 saturated carbocycles. The van der Waals surface area contributed by atoms with Gasteiger partial charge in [-0.05, 0) is 73.6 Å². The van der Waals surface area contributed by atoms with E-state index in [9.17, 15) is 4.79 Å². The predicted octanol–water partition coefficient (Wildman–Crippen LogP) is 4.65. The van der Waals surface area contributed by atoms with E-state index in [0.29, 0.717) is 5.02 Å². The Morgan fingerprint density at radius 3 is 2.65 bits per heavy atom. The second-order valence-corrected chi connectivity index (χ2v) is 8.51. The molecule has 156 valence electrons. The number of halogens is 1. The molecule has 0 aliphatic heterocycles. The van der Waals surface area contributed by atoms with Crippen molar-refractivity contribution in [2.45, 2.75) is 13.8 Å². The highest BCUT2D eigenvalue weighted by Crippen LogP contribution is 2.28. The van der Waals surface area contributed by atoms with Crippen LogP contribution in [0.1, 0.15) is 17.0 Å². The first kappa shape index (κ1) is 21.1. The molecule has 0 aliphatic rings. The Labute approximate surface area is 192 Å². The van der Waals surface area contributed by atoms with E-state index in [-0.39, 0.29) is 11.0 Å². The first-order valence-corrected chi connectivity index (χ1v) is 10.8. The number of carbonyl (C=O) groups excluding carboxylic acids is 1. The van der Waals surface area contributed by atoms with Gasteiger partial charge in [0, 0.05) is 22.3 Å². The van der Waals surface area contributed by atoms with E-state index in [0.717, 1.165) is 38.2 Å². The molecular weight excluding hydrogens is 452 g/mol. The molecule has 2 N–H and O–H groups in total. The fraction of sp³-hybridized carbons (Fsp3) is 0.0952. The molecule has 2 aromatic carbocycles. The topological polar surface area (TPSA) is 84.2 Å². The SMILES string of the molecule is Cc1cc(-c2nn3c(C)nnc3s2)ccc1NC(=S)NC(=O)/C=C/c1ccc(Cl)cc1. The Balaban J connectivity index is 1.39. The van der Waals surface area contributed by atoms with E-state index in [1.54, 1.807) is 22.7 Å². The fourth-order valence-electron chi connectivity index (χ4n) is 2.82. The molecule has 0 aliphatic carbocycles. The zero-order valence-electron chi connectivity index (χ0n) is 16.6. The number of anilines is 1. The molecule has 0 fully saturated rings. The highest BCUT2D eigenvalue weighted by atomic mass is 35.5. The number of nitrogens with zero attached hydrogens (tertiary/aromatic N) is 4. The van der Waals surface area contributed by atoms with E-state index in [2.05, 4.69) is 25.9 Å². The predicted molar refractivity (Wildman–Crippen MR) is 128 cm³/mol. The molecule has 0 spiro atoms. The maximum absolute atomic E-state index is 12.1. The van der Waals surface area contributed by atoms with Gasteiger partial charge in [0.1, 0.15) is 5.01 Å². The van der Waals surface area contributed by atoms with Gasteiger partial charge in [0.25, 0.3) is 0 Å². The Morgan fingerprint density at radius 1 is 1.16 bits per heavy atom. The molecule has 0 radical (unpaired) electrons. The fourth-order valence-corrected chi connectivity index (χ4v) is 4.04. The average molecular weight is 469 g/mol. The van der Waals surface area contributed by atoms with Crippen molar-refractivity contribution in [1.82, 2.24) is 25.1 Å². The standard InChI is InChI=1S/C21H17ClN6OS2/c1-12-11-15(19-27-28-13(2)25-26-21(28)31-19)6-9-17(12)23-20(30)24-18(29)10-5-14-3-7-16(22)8-4-14/h3-11H,1-2H3,(H2,23,24,29,30)/b10-5+.